The first-order valence-electron chi connectivity index (χ1n) is 37.3. The summed E-state index contributed by atoms with van der Waals surface area (Å²) in [5.74, 6) is -2.02. The smallest absolute Gasteiger partial charge is 0.361 e. The summed E-state index contributed by atoms with van der Waals surface area (Å²) in [7, 11) is 5.97. The fourth-order valence-corrected chi connectivity index (χ4v) is 10.3. The summed E-state index contributed by atoms with van der Waals surface area (Å²) in [4.78, 5) is 37.7. The summed E-state index contributed by atoms with van der Waals surface area (Å²) in [6.45, 7) is 4.78. The van der Waals surface area contributed by atoms with E-state index < -0.39 is 24.3 Å². The van der Waals surface area contributed by atoms with Gasteiger partial charge in [-0.3, -0.25) is 9.59 Å². The van der Waals surface area contributed by atoms with Gasteiger partial charge in [0.1, 0.15) is 13.2 Å². The van der Waals surface area contributed by atoms with Crippen LogP contribution in [0.2, 0.25) is 0 Å². The zero-order valence-electron chi connectivity index (χ0n) is 59.5. The predicted molar refractivity (Wildman–Crippen MR) is 391 cm³/mol. The molecule has 0 saturated carbocycles. The first kappa shape index (κ1) is 86.4. The Morgan fingerprint density at radius 1 is 0.341 bits per heavy atom. The molecule has 0 radical (unpaired) electrons. The number of allylic oxidation sites excluding steroid dienone is 22. The molecule has 0 aliphatic heterocycles. The lowest BCUT2D eigenvalue weighted by Gasteiger charge is -2.25. The fraction of sp³-hybridized carbons (Fsp3) is 0.695. The molecule has 9 heteroatoms. The molecule has 0 heterocycles. The number of likely N-dealkylation sites (N-methyl/N-ethyl adjacent to an activating group) is 1. The molecule has 2 unspecified atom stereocenters. The Morgan fingerprint density at radius 2 is 0.626 bits per heavy atom. The van der Waals surface area contributed by atoms with Gasteiger partial charge in [0.25, 0.3) is 6.29 Å². The lowest BCUT2D eigenvalue weighted by atomic mass is 10.0. The van der Waals surface area contributed by atoms with Gasteiger partial charge in [0.05, 0.1) is 34.4 Å². The lowest BCUT2D eigenvalue weighted by molar-refractivity contribution is -0.870. The van der Waals surface area contributed by atoms with E-state index in [1.807, 2.05) is 21.1 Å². The first-order valence-corrected chi connectivity index (χ1v) is 37.3. The normalized spacial score (nSPS) is 13.5. The minimum absolute atomic E-state index is 0.181. The van der Waals surface area contributed by atoms with Crippen LogP contribution in [0.5, 0.6) is 0 Å². The molecule has 520 valence electrons. The second-order valence-electron chi connectivity index (χ2n) is 25.9. The molecule has 0 aromatic rings. The summed E-state index contributed by atoms with van der Waals surface area (Å²) in [5.41, 5.74) is 0. The maximum absolute atomic E-state index is 13.0. The van der Waals surface area contributed by atoms with E-state index in [2.05, 4.69) is 148 Å². The zero-order chi connectivity index (χ0) is 66.1. The highest BCUT2D eigenvalue weighted by Gasteiger charge is 2.25. The highest BCUT2D eigenvalue weighted by molar-refractivity contribution is 5.71. The first-order chi connectivity index (χ1) is 44.6. The molecule has 0 aromatic heterocycles. The number of carbonyl (C=O) groups is 3. The molecule has 1 N–H and O–H groups in total. The minimum atomic E-state index is -1.52. The zero-order valence-corrected chi connectivity index (χ0v) is 59.5. The van der Waals surface area contributed by atoms with Crippen molar-refractivity contribution in [3.63, 3.8) is 0 Å². The Bertz CT molecular complexity index is 1960. The van der Waals surface area contributed by atoms with Crippen molar-refractivity contribution in [3.8, 4) is 0 Å². The van der Waals surface area contributed by atoms with Crippen LogP contribution in [-0.2, 0) is 33.3 Å². The van der Waals surface area contributed by atoms with E-state index in [0.717, 1.165) is 116 Å². The highest BCUT2D eigenvalue weighted by atomic mass is 16.7. The van der Waals surface area contributed by atoms with Crippen molar-refractivity contribution in [1.82, 2.24) is 0 Å². The Balaban J connectivity index is 4.15. The number of nitrogens with zero attached hydrogens (tertiary/aromatic N) is 1. The van der Waals surface area contributed by atoms with Gasteiger partial charge in [0, 0.05) is 12.8 Å². The van der Waals surface area contributed by atoms with Gasteiger partial charge in [-0.25, -0.2) is 4.79 Å². The van der Waals surface area contributed by atoms with Gasteiger partial charge in [0.15, 0.2) is 6.10 Å². The van der Waals surface area contributed by atoms with E-state index in [4.69, 9.17) is 18.9 Å². The van der Waals surface area contributed by atoms with Gasteiger partial charge < -0.3 is 28.5 Å². The van der Waals surface area contributed by atoms with Crippen molar-refractivity contribution in [2.24, 2.45) is 0 Å². The molecule has 0 rings (SSSR count). The summed E-state index contributed by atoms with van der Waals surface area (Å²) in [6, 6.07) is 0. The van der Waals surface area contributed by atoms with Gasteiger partial charge >= 0.3 is 17.9 Å². The molecule has 0 spiro atoms. The van der Waals surface area contributed by atoms with Crippen LogP contribution in [0.3, 0.4) is 0 Å². The van der Waals surface area contributed by atoms with Gasteiger partial charge in [-0.15, -0.1) is 0 Å². The molecule has 91 heavy (non-hydrogen) atoms. The monoisotopic (exact) mass is 1270 g/mol. The molecular weight excluding hydrogens is 1130 g/mol. The van der Waals surface area contributed by atoms with Crippen LogP contribution in [0, 0.1) is 0 Å². The molecule has 0 saturated heterocycles. The Kier molecular flexibility index (Phi) is 67.7. The number of esters is 2. The van der Waals surface area contributed by atoms with Crippen LogP contribution in [0.1, 0.15) is 309 Å². The number of carbonyl (C=O) groups excluding carboxylic acids is 2. The van der Waals surface area contributed by atoms with Crippen molar-refractivity contribution in [1.29, 1.82) is 0 Å². The minimum Gasteiger partial charge on any atom is -0.477 e. The predicted octanol–water partition coefficient (Wildman–Crippen LogP) is 23.7. The third-order valence-electron chi connectivity index (χ3n) is 15.9. The molecule has 0 bridgehead atoms. The van der Waals surface area contributed by atoms with Crippen molar-refractivity contribution in [2.75, 3.05) is 47.5 Å². The number of unbranched alkanes of at least 4 members (excludes halogenated alkanes) is 31. The number of ether oxygens (including phenoxy) is 4. The van der Waals surface area contributed by atoms with Crippen LogP contribution < -0.4 is 0 Å². The van der Waals surface area contributed by atoms with E-state index in [9.17, 15) is 19.5 Å². The number of hydrogen-bond donors (Lipinski definition) is 1. The summed E-state index contributed by atoms with van der Waals surface area (Å²) in [5, 5.41) is 9.76. The third kappa shape index (κ3) is 72.7. The maximum atomic E-state index is 13.0. The van der Waals surface area contributed by atoms with E-state index in [0.29, 0.717) is 23.9 Å². The van der Waals surface area contributed by atoms with E-state index in [1.165, 1.54) is 161 Å². The van der Waals surface area contributed by atoms with E-state index in [1.54, 1.807) is 0 Å². The molecule has 0 fully saturated rings. The third-order valence-corrected chi connectivity index (χ3v) is 15.9. The topological polar surface area (TPSA) is 108 Å². The SMILES string of the molecule is CC/C=C\C/C=C\C/C=C\C/C=C\C/C=C\C/C=C\C/C=C\C/C=C\C/C=C\C/C=C\C/C=C\CCCCCCCCCC(=O)OC(COC(=O)CCCCCCCCCCCCCCCCCCCCCCCCCCC)COC(OCC[N+](C)(C)C)C(=O)O. The van der Waals surface area contributed by atoms with Crippen molar-refractivity contribution in [2.45, 2.75) is 322 Å². The fourth-order valence-electron chi connectivity index (χ4n) is 10.3. The molecular formula is C82H140NO8+. The quantitative estimate of drug-likeness (QED) is 0.0211. The summed E-state index contributed by atoms with van der Waals surface area (Å²) >= 11 is 0. The average molecular weight is 1270 g/mol. The van der Waals surface area contributed by atoms with Gasteiger partial charge in [-0.1, -0.05) is 334 Å². The van der Waals surface area contributed by atoms with E-state index in [-0.39, 0.29) is 32.2 Å². The summed E-state index contributed by atoms with van der Waals surface area (Å²) in [6.07, 6.45) is 100. The second-order valence-corrected chi connectivity index (χ2v) is 25.9. The number of carboxylic acids is 1. The van der Waals surface area contributed by atoms with Crippen LogP contribution in [-0.4, -0.2) is 87.4 Å². The number of hydrogen-bond acceptors (Lipinski definition) is 7. The average Bonchev–Trinajstić information content (AvgIpc) is 3.53. The van der Waals surface area contributed by atoms with Gasteiger partial charge in [0.2, 0.25) is 0 Å². The maximum Gasteiger partial charge on any atom is 0.361 e. The van der Waals surface area contributed by atoms with Crippen LogP contribution in [0.4, 0.5) is 0 Å². The number of quaternary nitrogens is 1. The molecule has 0 amide bonds. The van der Waals surface area contributed by atoms with Crippen molar-refractivity contribution < 1.29 is 42.9 Å². The molecule has 0 aromatic carbocycles. The summed E-state index contributed by atoms with van der Waals surface area (Å²) < 4.78 is 23.0. The Morgan fingerprint density at radius 3 is 0.934 bits per heavy atom. The van der Waals surface area contributed by atoms with Gasteiger partial charge in [-0.05, 0) is 96.3 Å². The number of carboxylic acid groups (broad SMARTS) is 1. The Hall–Kier alpha value is -4.57. The molecule has 0 aliphatic carbocycles. The largest absolute Gasteiger partial charge is 0.477 e. The molecule has 9 nitrogen and oxygen atoms in total. The number of rotatable bonds is 68. The van der Waals surface area contributed by atoms with Gasteiger partial charge in [-0.2, -0.15) is 0 Å². The van der Waals surface area contributed by atoms with Crippen molar-refractivity contribution in [3.05, 3.63) is 134 Å². The van der Waals surface area contributed by atoms with E-state index >= 15 is 0 Å². The van der Waals surface area contributed by atoms with Crippen LogP contribution in [0.15, 0.2) is 134 Å². The standard InChI is InChI=1S/C82H139NO8/c1-6-8-10-12-14-16-18-20-22-24-26-28-30-32-33-34-35-36-37-38-39-40-41-42-43-44-45-46-47-49-51-53-55-57-59-61-63-65-67-69-71-73-80(85)91-78(77-90-82(81(86)87)88-75-74-83(3,4)5)76-89-79(84)72-70-68-66-64-62-60-58-56-54-52-50-48-31-29-27-25-23-21-19-17-15-13-11-9-7-2/h8,10,14,16,20,22,26,28,32-33,35-36,38-39,41-42,44-45,47,49,53,55,78,82H,6-7,9,11-13,15,17-19,21,23-25,27,29-31,34,37,40,43,46,48,50-52,54,56-77H2,1-5H3/p+1/b10-8-,16-14-,22-20-,28-26-,33-32-,36-35-,39-38-,42-41-,45-44-,49-47-,55-53-. The van der Waals surface area contributed by atoms with Crippen LogP contribution >= 0.6 is 0 Å². The highest BCUT2D eigenvalue weighted by Crippen LogP contribution is 2.18. The second kappa shape index (κ2) is 71.3. The lowest BCUT2D eigenvalue weighted by Crippen LogP contribution is -2.40. The van der Waals surface area contributed by atoms with Crippen molar-refractivity contribution >= 4 is 17.9 Å². The van der Waals surface area contributed by atoms with Crippen LogP contribution in [0.25, 0.3) is 0 Å². The number of aliphatic carboxylic acids is 1. The molecule has 2 atom stereocenters. The molecule has 0 aliphatic rings. The Labute approximate surface area is 560 Å².